The van der Waals surface area contributed by atoms with Gasteiger partial charge in [-0.25, -0.2) is 0 Å². The number of aromatic nitrogens is 3. The fraction of sp³-hybridized carbons (Fsp3) is 0.143. The maximum absolute atomic E-state index is 4.46. The fourth-order valence-electron chi connectivity index (χ4n) is 2.02. The first kappa shape index (κ1) is 12.2. The van der Waals surface area contributed by atoms with Crippen LogP contribution >= 0.6 is 15.9 Å². The molecular weight excluding hydrogens is 304 g/mol. The molecule has 0 bridgehead atoms. The van der Waals surface area contributed by atoms with Crippen LogP contribution in [0.5, 0.6) is 0 Å². The number of pyridine rings is 1. The first-order chi connectivity index (χ1) is 9.22. The highest BCUT2D eigenvalue weighted by atomic mass is 79.9. The average Bonchev–Trinajstić information content (AvgIpc) is 2.81. The van der Waals surface area contributed by atoms with Gasteiger partial charge in [0, 0.05) is 29.3 Å². The van der Waals surface area contributed by atoms with Crippen LogP contribution in [0.15, 0.2) is 47.2 Å². The number of aryl methyl sites for hydroxylation is 1. The number of para-hydroxylation sites is 1. The number of benzene rings is 1. The van der Waals surface area contributed by atoms with Crippen molar-refractivity contribution in [3.8, 4) is 0 Å². The summed E-state index contributed by atoms with van der Waals surface area (Å²) in [5.74, 6) is 0. The van der Waals surface area contributed by atoms with Crippen LogP contribution < -0.4 is 5.32 Å². The molecule has 0 saturated heterocycles. The Labute approximate surface area is 119 Å². The van der Waals surface area contributed by atoms with Crippen LogP contribution in [0.4, 0.5) is 5.69 Å². The van der Waals surface area contributed by atoms with Gasteiger partial charge in [0.1, 0.15) is 0 Å². The molecule has 0 saturated carbocycles. The van der Waals surface area contributed by atoms with Crippen molar-refractivity contribution in [2.24, 2.45) is 7.05 Å². The number of hydrogen-bond acceptors (Lipinski definition) is 3. The summed E-state index contributed by atoms with van der Waals surface area (Å²) in [5, 5.41) is 8.84. The molecule has 0 fully saturated rings. The van der Waals surface area contributed by atoms with E-state index in [1.165, 1.54) is 0 Å². The minimum Gasteiger partial charge on any atom is -0.378 e. The number of nitrogens with zero attached hydrogens (tertiary/aromatic N) is 3. The highest BCUT2D eigenvalue weighted by Crippen LogP contribution is 2.24. The van der Waals surface area contributed by atoms with Crippen molar-refractivity contribution in [3.63, 3.8) is 0 Å². The Balaban J connectivity index is 1.88. The molecule has 0 aliphatic rings. The van der Waals surface area contributed by atoms with Gasteiger partial charge >= 0.3 is 0 Å². The van der Waals surface area contributed by atoms with Gasteiger partial charge in [-0.1, -0.05) is 12.1 Å². The van der Waals surface area contributed by atoms with Crippen LogP contribution in [0.25, 0.3) is 10.9 Å². The van der Waals surface area contributed by atoms with Gasteiger partial charge in [-0.2, -0.15) is 5.10 Å². The number of fused-ring (bicyclic) bond motifs is 1. The summed E-state index contributed by atoms with van der Waals surface area (Å²) < 4.78 is 2.79. The van der Waals surface area contributed by atoms with Gasteiger partial charge in [-0.05, 0) is 34.1 Å². The Kier molecular flexibility index (Phi) is 3.21. The maximum atomic E-state index is 4.46. The van der Waals surface area contributed by atoms with Gasteiger partial charge in [0.15, 0.2) is 0 Å². The van der Waals surface area contributed by atoms with E-state index in [2.05, 4.69) is 43.5 Å². The zero-order valence-electron chi connectivity index (χ0n) is 10.5. The lowest BCUT2D eigenvalue weighted by Crippen LogP contribution is -2.02. The number of rotatable bonds is 3. The normalized spacial score (nSPS) is 10.8. The van der Waals surface area contributed by atoms with Gasteiger partial charge in [0.05, 0.1) is 23.4 Å². The lowest BCUT2D eigenvalue weighted by molar-refractivity contribution is 0.747. The van der Waals surface area contributed by atoms with E-state index in [9.17, 15) is 0 Å². The summed E-state index contributed by atoms with van der Waals surface area (Å²) in [5.41, 5.74) is 3.01. The highest BCUT2D eigenvalue weighted by molar-refractivity contribution is 9.10. The van der Waals surface area contributed by atoms with E-state index in [-0.39, 0.29) is 0 Å². The molecule has 1 N–H and O–H groups in total. The molecule has 3 rings (SSSR count). The van der Waals surface area contributed by atoms with E-state index in [0.29, 0.717) is 6.54 Å². The smallest absolute Gasteiger partial charge is 0.0934 e. The average molecular weight is 317 g/mol. The van der Waals surface area contributed by atoms with Gasteiger partial charge in [0.2, 0.25) is 0 Å². The SMILES string of the molecule is Cn1ccc(CNc2cccc3cc(Br)cnc23)n1. The maximum Gasteiger partial charge on any atom is 0.0934 e. The van der Waals surface area contributed by atoms with Crippen LogP contribution in [0.3, 0.4) is 0 Å². The monoisotopic (exact) mass is 316 g/mol. The second-order valence-electron chi connectivity index (χ2n) is 4.37. The molecule has 0 spiro atoms. The molecule has 0 amide bonds. The van der Waals surface area contributed by atoms with Gasteiger partial charge in [0.25, 0.3) is 0 Å². The molecule has 2 heterocycles. The van der Waals surface area contributed by atoms with Crippen molar-refractivity contribution in [2.75, 3.05) is 5.32 Å². The zero-order valence-corrected chi connectivity index (χ0v) is 12.1. The highest BCUT2D eigenvalue weighted by Gasteiger charge is 2.03. The van der Waals surface area contributed by atoms with Crippen LogP contribution in [-0.2, 0) is 13.6 Å². The summed E-state index contributed by atoms with van der Waals surface area (Å²) in [6, 6.07) is 10.2. The summed E-state index contributed by atoms with van der Waals surface area (Å²) in [7, 11) is 1.92. The predicted octanol–water partition coefficient (Wildman–Crippen LogP) is 3.34. The predicted molar refractivity (Wildman–Crippen MR) is 80.0 cm³/mol. The summed E-state index contributed by atoms with van der Waals surface area (Å²) in [6.45, 7) is 0.692. The first-order valence-corrected chi connectivity index (χ1v) is 6.78. The Hall–Kier alpha value is -1.88. The second-order valence-corrected chi connectivity index (χ2v) is 5.28. The third-order valence-electron chi connectivity index (χ3n) is 2.91. The standard InChI is InChI=1S/C14H13BrN4/c1-19-6-5-12(18-19)9-16-13-4-2-3-10-7-11(15)8-17-14(10)13/h2-8,16H,9H2,1H3. The van der Waals surface area contributed by atoms with Crippen LogP contribution in [-0.4, -0.2) is 14.8 Å². The van der Waals surface area contributed by atoms with Crippen LogP contribution in [0.1, 0.15) is 5.69 Å². The van der Waals surface area contributed by atoms with E-state index < -0.39 is 0 Å². The van der Waals surface area contributed by atoms with Crippen LogP contribution in [0.2, 0.25) is 0 Å². The minimum absolute atomic E-state index is 0.692. The summed E-state index contributed by atoms with van der Waals surface area (Å²) in [6.07, 6.45) is 3.75. The van der Waals surface area contributed by atoms with Crippen LogP contribution in [0, 0.1) is 0 Å². The fourth-order valence-corrected chi connectivity index (χ4v) is 2.37. The van der Waals surface area contributed by atoms with E-state index in [1.807, 2.05) is 37.6 Å². The Morgan fingerprint density at radius 2 is 2.21 bits per heavy atom. The lowest BCUT2D eigenvalue weighted by Gasteiger charge is -2.08. The van der Waals surface area contributed by atoms with E-state index in [1.54, 1.807) is 4.68 Å². The van der Waals surface area contributed by atoms with Gasteiger partial charge in [-0.15, -0.1) is 0 Å². The van der Waals surface area contributed by atoms with E-state index in [0.717, 1.165) is 26.8 Å². The van der Waals surface area contributed by atoms with Crippen molar-refractivity contribution in [3.05, 3.63) is 52.9 Å². The molecule has 0 aliphatic carbocycles. The largest absolute Gasteiger partial charge is 0.378 e. The topological polar surface area (TPSA) is 42.7 Å². The van der Waals surface area contributed by atoms with Crippen molar-refractivity contribution in [2.45, 2.75) is 6.54 Å². The second kappa shape index (κ2) is 5.01. The number of anilines is 1. The molecule has 0 aliphatic heterocycles. The molecule has 1 aromatic carbocycles. The minimum atomic E-state index is 0.692. The van der Waals surface area contributed by atoms with Crippen molar-refractivity contribution < 1.29 is 0 Å². The lowest BCUT2D eigenvalue weighted by atomic mass is 10.2. The first-order valence-electron chi connectivity index (χ1n) is 5.99. The van der Waals surface area contributed by atoms with Crippen molar-refractivity contribution in [1.29, 1.82) is 0 Å². The number of halogens is 1. The van der Waals surface area contributed by atoms with Crippen molar-refractivity contribution >= 4 is 32.5 Å². The van der Waals surface area contributed by atoms with E-state index in [4.69, 9.17) is 0 Å². The Bertz CT molecular complexity index is 720. The molecular formula is C14H13BrN4. The third-order valence-corrected chi connectivity index (χ3v) is 3.34. The Morgan fingerprint density at radius 1 is 1.32 bits per heavy atom. The van der Waals surface area contributed by atoms with Gasteiger partial charge in [-0.3, -0.25) is 9.67 Å². The zero-order chi connectivity index (χ0) is 13.2. The molecule has 0 unspecified atom stereocenters. The molecule has 4 nitrogen and oxygen atoms in total. The third kappa shape index (κ3) is 2.61. The van der Waals surface area contributed by atoms with E-state index >= 15 is 0 Å². The molecule has 2 aromatic heterocycles. The Morgan fingerprint density at radius 3 is 3.00 bits per heavy atom. The number of nitrogens with one attached hydrogen (secondary N) is 1. The molecule has 0 radical (unpaired) electrons. The molecule has 96 valence electrons. The summed E-state index contributed by atoms with van der Waals surface area (Å²) in [4.78, 5) is 4.46. The molecule has 5 heteroatoms. The quantitative estimate of drug-likeness (QED) is 0.805. The molecule has 19 heavy (non-hydrogen) atoms. The molecule has 0 atom stereocenters. The molecule has 3 aromatic rings. The van der Waals surface area contributed by atoms with Gasteiger partial charge < -0.3 is 5.32 Å². The van der Waals surface area contributed by atoms with Crippen molar-refractivity contribution in [1.82, 2.24) is 14.8 Å². The number of hydrogen-bond donors (Lipinski definition) is 1. The summed E-state index contributed by atoms with van der Waals surface area (Å²) >= 11 is 3.44.